The van der Waals surface area contributed by atoms with Crippen LogP contribution in [0.3, 0.4) is 0 Å². The van der Waals surface area contributed by atoms with Crippen LogP contribution in [-0.2, 0) is 14.3 Å². The van der Waals surface area contributed by atoms with Crippen LogP contribution in [0.1, 0.15) is 38.6 Å². The van der Waals surface area contributed by atoms with Gasteiger partial charge in [-0.15, -0.1) is 0 Å². The predicted octanol–water partition coefficient (Wildman–Crippen LogP) is 1.43. The molecule has 0 bridgehead atoms. The zero-order valence-electron chi connectivity index (χ0n) is 13.7. The third-order valence-corrected chi connectivity index (χ3v) is 4.81. The molecule has 7 heteroatoms. The number of likely N-dealkylation sites (tertiary alicyclic amines) is 1. The summed E-state index contributed by atoms with van der Waals surface area (Å²) in [6.45, 7) is 3.07. The maximum absolute atomic E-state index is 12.3. The number of methoxy groups -OCH3 is 1. The third-order valence-electron chi connectivity index (χ3n) is 4.81. The average molecular weight is 320 g/mol. The molecule has 3 rings (SSSR count). The molecule has 126 valence electrons. The van der Waals surface area contributed by atoms with Crippen molar-refractivity contribution in [2.75, 3.05) is 25.5 Å². The topological polar surface area (TPSA) is 76.5 Å². The van der Waals surface area contributed by atoms with Crippen molar-refractivity contribution in [3.8, 4) is 0 Å². The van der Waals surface area contributed by atoms with Gasteiger partial charge in [-0.3, -0.25) is 14.5 Å². The van der Waals surface area contributed by atoms with Crippen LogP contribution in [0, 0.1) is 5.92 Å². The average Bonchev–Trinajstić information content (AvgIpc) is 3.13. The second-order valence-electron chi connectivity index (χ2n) is 6.44. The Hall–Kier alpha value is -1.89. The van der Waals surface area contributed by atoms with Gasteiger partial charge in [0.05, 0.1) is 25.9 Å². The van der Waals surface area contributed by atoms with Crippen molar-refractivity contribution < 1.29 is 14.3 Å². The van der Waals surface area contributed by atoms with Crippen molar-refractivity contribution in [2.24, 2.45) is 5.92 Å². The number of amides is 1. The number of nitrogens with one attached hydrogen (secondary N) is 1. The Morgan fingerprint density at radius 2 is 2.22 bits per heavy atom. The Balaban J connectivity index is 1.59. The number of anilines is 1. The number of hydrogen-bond donors (Lipinski definition) is 1. The van der Waals surface area contributed by atoms with Gasteiger partial charge in [-0.2, -0.15) is 5.10 Å². The van der Waals surface area contributed by atoms with Crippen molar-refractivity contribution in [3.05, 3.63) is 12.3 Å². The van der Waals surface area contributed by atoms with Gasteiger partial charge in [-0.1, -0.05) is 0 Å². The molecule has 7 nitrogen and oxygen atoms in total. The first kappa shape index (κ1) is 16.0. The summed E-state index contributed by atoms with van der Waals surface area (Å²) in [4.78, 5) is 26.0. The molecule has 1 aliphatic heterocycles. The molecule has 1 N–H and O–H groups in total. The highest BCUT2D eigenvalue weighted by molar-refractivity contribution is 5.92. The number of hydrogen-bond acceptors (Lipinski definition) is 5. The van der Waals surface area contributed by atoms with E-state index in [1.807, 2.05) is 15.6 Å². The maximum Gasteiger partial charge on any atom is 0.323 e. The lowest BCUT2D eigenvalue weighted by Gasteiger charge is -2.22. The van der Waals surface area contributed by atoms with Gasteiger partial charge in [0, 0.05) is 6.07 Å². The maximum atomic E-state index is 12.3. The van der Waals surface area contributed by atoms with E-state index < -0.39 is 0 Å². The standard InChI is InChI=1S/C16H24N4O3/c1-11(12-5-6-12)20-14(7-8-17-20)18-15(21)10-19-9-3-4-13(19)16(22)23-2/h7-8,11-13H,3-6,9-10H2,1-2H3,(H,18,21). The van der Waals surface area contributed by atoms with Crippen LogP contribution in [0.25, 0.3) is 0 Å². The first-order valence-electron chi connectivity index (χ1n) is 8.25. The van der Waals surface area contributed by atoms with Gasteiger partial charge in [0.15, 0.2) is 0 Å². The fourth-order valence-corrected chi connectivity index (χ4v) is 3.30. The van der Waals surface area contributed by atoms with Crippen LogP contribution in [0.15, 0.2) is 12.3 Å². The highest BCUT2D eigenvalue weighted by Crippen LogP contribution is 2.40. The molecule has 2 heterocycles. The van der Waals surface area contributed by atoms with Crippen molar-refractivity contribution in [1.29, 1.82) is 0 Å². The van der Waals surface area contributed by atoms with Crippen molar-refractivity contribution >= 4 is 17.7 Å². The van der Waals surface area contributed by atoms with E-state index in [1.54, 1.807) is 6.20 Å². The van der Waals surface area contributed by atoms with E-state index in [1.165, 1.54) is 20.0 Å². The van der Waals surface area contributed by atoms with Gasteiger partial charge in [-0.25, -0.2) is 4.68 Å². The molecule has 2 aliphatic rings. The Morgan fingerprint density at radius 3 is 2.91 bits per heavy atom. The lowest BCUT2D eigenvalue weighted by atomic mass is 10.2. The van der Waals surface area contributed by atoms with Crippen LogP contribution in [0.4, 0.5) is 5.82 Å². The number of aromatic nitrogens is 2. The molecule has 2 fully saturated rings. The lowest BCUT2D eigenvalue weighted by molar-refractivity contribution is -0.146. The van der Waals surface area contributed by atoms with Crippen LogP contribution in [0.2, 0.25) is 0 Å². The third kappa shape index (κ3) is 3.55. The summed E-state index contributed by atoms with van der Waals surface area (Å²) in [6, 6.07) is 1.81. The van der Waals surface area contributed by atoms with E-state index in [9.17, 15) is 9.59 Å². The Morgan fingerprint density at radius 1 is 1.43 bits per heavy atom. The Labute approximate surface area is 136 Å². The quantitative estimate of drug-likeness (QED) is 0.803. The van der Waals surface area contributed by atoms with Gasteiger partial charge in [0.25, 0.3) is 0 Å². The van der Waals surface area contributed by atoms with Gasteiger partial charge in [0.2, 0.25) is 5.91 Å². The van der Waals surface area contributed by atoms with Crippen LogP contribution in [0.5, 0.6) is 0 Å². The SMILES string of the molecule is COC(=O)C1CCCN1CC(=O)Nc1ccnn1C(C)C1CC1. The number of rotatable bonds is 6. The molecule has 0 spiro atoms. The Bertz CT molecular complexity index is 582. The predicted molar refractivity (Wildman–Crippen MR) is 84.9 cm³/mol. The molecule has 2 unspecified atom stereocenters. The highest BCUT2D eigenvalue weighted by atomic mass is 16.5. The smallest absolute Gasteiger partial charge is 0.323 e. The molecule has 1 aliphatic carbocycles. The van der Waals surface area contributed by atoms with Crippen molar-refractivity contribution in [1.82, 2.24) is 14.7 Å². The monoisotopic (exact) mass is 320 g/mol. The summed E-state index contributed by atoms with van der Waals surface area (Å²) in [5.41, 5.74) is 0. The molecular weight excluding hydrogens is 296 g/mol. The number of esters is 1. The second-order valence-corrected chi connectivity index (χ2v) is 6.44. The molecule has 23 heavy (non-hydrogen) atoms. The number of carbonyl (C=O) groups is 2. The summed E-state index contributed by atoms with van der Waals surface area (Å²) in [5, 5.41) is 7.26. The van der Waals surface area contributed by atoms with E-state index in [0.717, 1.165) is 25.2 Å². The number of nitrogens with zero attached hydrogens (tertiary/aromatic N) is 3. The fraction of sp³-hybridized carbons (Fsp3) is 0.688. The molecule has 1 saturated heterocycles. The summed E-state index contributed by atoms with van der Waals surface area (Å²) in [5.74, 6) is 1.00. The van der Waals surface area contributed by atoms with E-state index in [-0.39, 0.29) is 24.5 Å². The van der Waals surface area contributed by atoms with Crippen LogP contribution >= 0.6 is 0 Å². The second kappa shape index (κ2) is 6.70. The molecule has 0 radical (unpaired) electrons. The van der Waals surface area contributed by atoms with E-state index in [4.69, 9.17) is 4.74 Å². The largest absolute Gasteiger partial charge is 0.468 e. The van der Waals surface area contributed by atoms with Crippen LogP contribution < -0.4 is 5.32 Å². The van der Waals surface area contributed by atoms with Crippen LogP contribution in [-0.4, -0.2) is 52.8 Å². The minimum absolute atomic E-state index is 0.120. The normalized spacial score (nSPS) is 22.8. The molecule has 1 saturated carbocycles. The molecule has 1 aromatic rings. The van der Waals surface area contributed by atoms with E-state index in [0.29, 0.717) is 12.0 Å². The summed E-state index contributed by atoms with van der Waals surface area (Å²) in [7, 11) is 1.39. The molecular formula is C16H24N4O3. The summed E-state index contributed by atoms with van der Waals surface area (Å²) < 4.78 is 6.70. The minimum atomic E-state index is -0.305. The first-order valence-corrected chi connectivity index (χ1v) is 8.25. The number of carbonyl (C=O) groups excluding carboxylic acids is 2. The van der Waals surface area contributed by atoms with Gasteiger partial charge >= 0.3 is 5.97 Å². The lowest BCUT2D eigenvalue weighted by Crippen LogP contribution is -2.41. The minimum Gasteiger partial charge on any atom is -0.468 e. The van der Waals surface area contributed by atoms with E-state index in [2.05, 4.69) is 17.3 Å². The molecule has 0 aromatic carbocycles. The van der Waals surface area contributed by atoms with Gasteiger partial charge in [0.1, 0.15) is 11.9 Å². The van der Waals surface area contributed by atoms with E-state index >= 15 is 0 Å². The summed E-state index contributed by atoms with van der Waals surface area (Å²) in [6.07, 6.45) is 5.81. The molecule has 1 aromatic heterocycles. The van der Waals surface area contributed by atoms with Gasteiger partial charge in [-0.05, 0) is 45.1 Å². The summed E-state index contributed by atoms with van der Waals surface area (Å²) >= 11 is 0. The van der Waals surface area contributed by atoms with Crippen molar-refractivity contribution in [2.45, 2.75) is 44.7 Å². The molecule has 1 amide bonds. The first-order chi connectivity index (χ1) is 11.1. The highest BCUT2D eigenvalue weighted by Gasteiger charge is 2.33. The zero-order valence-corrected chi connectivity index (χ0v) is 13.7. The van der Waals surface area contributed by atoms with Crippen molar-refractivity contribution in [3.63, 3.8) is 0 Å². The Kier molecular flexibility index (Phi) is 4.66. The molecule has 2 atom stereocenters. The van der Waals surface area contributed by atoms with Gasteiger partial charge < -0.3 is 10.1 Å². The fourth-order valence-electron chi connectivity index (χ4n) is 3.30. The number of ether oxygens (including phenoxy) is 1. The zero-order chi connectivity index (χ0) is 16.4.